The highest BCUT2D eigenvalue weighted by Gasteiger charge is 2.34. The number of para-hydroxylation sites is 1. The molecule has 0 saturated carbocycles. The number of hydrogen-bond acceptors (Lipinski definition) is 7. The molecule has 2 aliphatic rings. The van der Waals surface area contributed by atoms with Gasteiger partial charge in [0.25, 0.3) is 5.91 Å². The first-order valence-electron chi connectivity index (χ1n) is 12.9. The second kappa shape index (κ2) is 12.0. The van der Waals surface area contributed by atoms with Crippen molar-refractivity contribution < 1.29 is 24.1 Å². The number of carbonyl (C=O) groups is 1. The van der Waals surface area contributed by atoms with Crippen LogP contribution in [0.15, 0.2) is 36.5 Å². The van der Waals surface area contributed by atoms with Gasteiger partial charge in [-0.2, -0.15) is 0 Å². The lowest BCUT2D eigenvalue weighted by atomic mass is 9.97. The van der Waals surface area contributed by atoms with Gasteiger partial charge in [-0.1, -0.05) is 25.1 Å². The van der Waals surface area contributed by atoms with Gasteiger partial charge in [0.05, 0.1) is 19.8 Å². The molecule has 1 aromatic heterocycles. The van der Waals surface area contributed by atoms with Crippen molar-refractivity contribution in [1.82, 2.24) is 14.8 Å². The number of nitrogens with zero attached hydrogens (tertiary/aromatic N) is 3. The second-order valence-corrected chi connectivity index (χ2v) is 10.2. The number of amides is 1. The summed E-state index contributed by atoms with van der Waals surface area (Å²) in [4.78, 5) is 22.4. The molecule has 1 fully saturated rings. The molecule has 2 aliphatic heterocycles. The number of hydrogen-bond donors (Lipinski definition) is 1. The van der Waals surface area contributed by atoms with Gasteiger partial charge in [0.2, 0.25) is 5.88 Å². The van der Waals surface area contributed by atoms with Crippen molar-refractivity contribution in [1.29, 1.82) is 0 Å². The molecule has 0 unspecified atom stereocenters. The van der Waals surface area contributed by atoms with Crippen LogP contribution in [0.25, 0.3) is 11.1 Å². The van der Waals surface area contributed by atoms with Crippen molar-refractivity contribution in [2.45, 2.75) is 38.8 Å². The Hall–Kier alpha value is -2.68. The molecule has 0 radical (unpaired) electrons. The third-order valence-corrected chi connectivity index (χ3v) is 7.34. The molecule has 196 valence electrons. The van der Waals surface area contributed by atoms with E-state index in [4.69, 9.17) is 14.2 Å². The van der Waals surface area contributed by atoms with Gasteiger partial charge in [-0.15, -0.1) is 0 Å². The van der Waals surface area contributed by atoms with Gasteiger partial charge in [0, 0.05) is 56.1 Å². The number of ether oxygens (including phenoxy) is 3. The number of aliphatic hydroxyl groups excluding tert-OH is 1. The van der Waals surface area contributed by atoms with Crippen LogP contribution < -0.4 is 9.47 Å². The number of fused-ring (bicyclic) bond motifs is 1. The maximum absolute atomic E-state index is 13.7. The fourth-order valence-corrected chi connectivity index (χ4v) is 5.10. The lowest BCUT2D eigenvalue weighted by Gasteiger charge is -2.38. The van der Waals surface area contributed by atoms with E-state index in [1.54, 1.807) is 18.2 Å². The van der Waals surface area contributed by atoms with E-state index < -0.39 is 0 Å². The molecule has 1 N–H and O–H groups in total. The van der Waals surface area contributed by atoms with E-state index in [0.717, 1.165) is 50.3 Å². The van der Waals surface area contributed by atoms with E-state index >= 15 is 0 Å². The van der Waals surface area contributed by atoms with Crippen LogP contribution >= 0.6 is 0 Å². The average Bonchev–Trinajstić information content (AvgIpc) is 2.90. The molecule has 8 nitrogen and oxygen atoms in total. The van der Waals surface area contributed by atoms with Crippen molar-refractivity contribution in [2.24, 2.45) is 11.8 Å². The van der Waals surface area contributed by atoms with Crippen LogP contribution in [0.2, 0.25) is 0 Å². The first kappa shape index (κ1) is 26.4. The molecule has 1 amide bonds. The monoisotopic (exact) mass is 497 g/mol. The second-order valence-electron chi connectivity index (χ2n) is 10.2. The highest BCUT2D eigenvalue weighted by Crippen LogP contribution is 2.34. The van der Waals surface area contributed by atoms with Crippen LogP contribution in [0.4, 0.5) is 0 Å². The van der Waals surface area contributed by atoms with E-state index in [-0.39, 0.29) is 30.6 Å². The third-order valence-electron chi connectivity index (χ3n) is 7.34. The summed E-state index contributed by atoms with van der Waals surface area (Å²) in [5.41, 5.74) is 2.04. The van der Waals surface area contributed by atoms with E-state index in [1.807, 2.05) is 37.3 Å². The number of benzene rings is 1. The number of methoxy groups -OCH3 is 1. The number of aliphatic hydroxyl groups is 1. The normalized spacial score (nSPS) is 21.9. The van der Waals surface area contributed by atoms with Crippen molar-refractivity contribution in [3.05, 3.63) is 42.1 Å². The molecule has 8 heteroatoms. The Balaban J connectivity index is 1.64. The molecule has 0 bridgehead atoms. The van der Waals surface area contributed by atoms with Crippen LogP contribution in [-0.4, -0.2) is 91.6 Å². The molecular weight excluding hydrogens is 458 g/mol. The molecule has 36 heavy (non-hydrogen) atoms. The predicted molar refractivity (Wildman–Crippen MR) is 138 cm³/mol. The van der Waals surface area contributed by atoms with Gasteiger partial charge in [-0.25, -0.2) is 4.98 Å². The largest absolute Gasteiger partial charge is 0.496 e. The molecule has 1 aromatic carbocycles. The number of rotatable bonds is 8. The summed E-state index contributed by atoms with van der Waals surface area (Å²) in [6.07, 6.45) is 3.74. The summed E-state index contributed by atoms with van der Waals surface area (Å²) >= 11 is 0. The van der Waals surface area contributed by atoms with Gasteiger partial charge < -0.3 is 29.1 Å². The minimum atomic E-state index is -0.318. The Morgan fingerprint density at radius 1 is 1.22 bits per heavy atom. The molecule has 4 rings (SSSR count). The molecule has 2 aromatic rings. The van der Waals surface area contributed by atoms with E-state index in [2.05, 4.69) is 23.9 Å². The molecular formula is C28H39N3O5. The summed E-state index contributed by atoms with van der Waals surface area (Å²) in [6, 6.07) is 9.18. The molecule has 1 saturated heterocycles. The van der Waals surface area contributed by atoms with Gasteiger partial charge in [-0.05, 0) is 44.9 Å². The Labute approximate surface area is 214 Å². The summed E-state index contributed by atoms with van der Waals surface area (Å²) in [5.74, 6) is 1.54. The first-order chi connectivity index (χ1) is 17.4. The van der Waals surface area contributed by atoms with Crippen molar-refractivity contribution >= 4 is 5.91 Å². The van der Waals surface area contributed by atoms with E-state index in [9.17, 15) is 9.90 Å². The number of pyridine rings is 1. The fraction of sp³-hybridized carbons (Fsp3) is 0.571. The lowest BCUT2D eigenvalue weighted by molar-refractivity contribution is 0.0254. The lowest BCUT2D eigenvalue weighted by Crippen LogP contribution is -2.50. The summed E-state index contributed by atoms with van der Waals surface area (Å²) < 4.78 is 17.5. The Bertz CT molecular complexity index is 1030. The van der Waals surface area contributed by atoms with Gasteiger partial charge in [0.15, 0.2) is 0 Å². The van der Waals surface area contributed by atoms with Crippen LogP contribution in [0.5, 0.6) is 11.6 Å². The van der Waals surface area contributed by atoms with Crippen LogP contribution in [0.1, 0.15) is 37.0 Å². The molecule has 3 atom stereocenters. The zero-order chi connectivity index (χ0) is 25.7. The number of carbonyl (C=O) groups excluding carboxylic acids is 1. The van der Waals surface area contributed by atoms with Crippen LogP contribution in [-0.2, 0) is 4.74 Å². The quantitative estimate of drug-likeness (QED) is 0.599. The fourth-order valence-electron chi connectivity index (χ4n) is 5.10. The summed E-state index contributed by atoms with van der Waals surface area (Å²) in [7, 11) is 3.75. The van der Waals surface area contributed by atoms with Gasteiger partial charge in [-0.3, -0.25) is 4.79 Å². The van der Waals surface area contributed by atoms with Crippen LogP contribution in [0.3, 0.4) is 0 Å². The molecule has 0 spiro atoms. The van der Waals surface area contributed by atoms with Crippen molar-refractivity contribution in [3.63, 3.8) is 0 Å². The SMILES string of the molecule is COc1ccccc1-c1cnc2c(c1)C(=O)N([C@@H](C)CO)C[C@@H](C)[C@@H](CN(C)CC1CCOCC1)O2. The minimum Gasteiger partial charge on any atom is -0.496 e. The maximum Gasteiger partial charge on any atom is 0.259 e. The highest BCUT2D eigenvalue weighted by molar-refractivity contribution is 5.98. The Morgan fingerprint density at radius 2 is 1.97 bits per heavy atom. The average molecular weight is 498 g/mol. The van der Waals surface area contributed by atoms with Crippen LogP contribution in [0, 0.1) is 11.8 Å². The Morgan fingerprint density at radius 3 is 2.69 bits per heavy atom. The van der Waals surface area contributed by atoms with Crippen molar-refractivity contribution in [3.8, 4) is 22.8 Å². The van der Waals surface area contributed by atoms with Crippen molar-refractivity contribution in [2.75, 3.05) is 53.6 Å². The maximum atomic E-state index is 13.7. The van der Waals surface area contributed by atoms with Gasteiger partial charge >= 0.3 is 0 Å². The highest BCUT2D eigenvalue weighted by atomic mass is 16.5. The first-order valence-corrected chi connectivity index (χ1v) is 12.9. The zero-order valence-electron chi connectivity index (χ0n) is 21.9. The predicted octanol–water partition coefficient (Wildman–Crippen LogP) is 3.34. The summed E-state index contributed by atoms with van der Waals surface area (Å²) in [5, 5.41) is 9.92. The smallest absolute Gasteiger partial charge is 0.259 e. The van der Waals surface area contributed by atoms with Gasteiger partial charge in [0.1, 0.15) is 17.4 Å². The molecule has 3 heterocycles. The standard InChI is InChI=1S/C28H39N3O5/c1-19-15-31(20(2)18-32)28(33)24-13-22(23-7-5-6-8-25(23)34-4)14-29-27(24)36-26(19)17-30(3)16-21-9-11-35-12-10-21/h5-8,13-14,19-21,26,32H,9-12,15-18H2,1-4H3/t19-,20+,26-/m1/s1. The van der Waals surface area contributed by atoms with E-state index in [1.165, 1.54) is 0 Å². The van der Waals surface area contributed by atoms with E-state index in [0.29, 0.717) is 29.7 Å². The third kappa shape index (κ3) is 5.99. The number of aromatic nitrogens is 1. The topological polar surface area (TPSA) is 84.4 Å². The minimum absolute atomic E-state index is 0.0592. The zero-order valence-corrected chi connectivity index (χ0v) is 21.9. The Kier molecular flexibility index (Phi) is 8.82. The summed E-state index contributed by atoms with van der Waals surface area (Å²) in [6.45, 7) is 7.73. The number of likely N-dealkylation sites (N-methyl/N-ethyl adjacent to an activating group) is 1. The molecule has 0 aliphatic carbocycles.